The van der Waals surface area contributed by atoms with Crippen molar-refractivity contribution in [3.05, 3.63) is 35.4 Å². The number of ether oxygens (including phenoxy) is 1. The summed E-state index contributed by atoms with van der Waals surface area (Å²) in [6.45, 7) is 8.43. The normalized spacial score (nSPS) is 28.8. The molecule has 2 fully saturated rings. The molecule has 2 saturated heterocycles. The van der Waals surface area contributed by atoms with Crippen LogP contribution in [-0.4, -0.2) is 37.2 Å². The van der Waals surface area contributed by atoms with Gasteiger partial charge in [0.15, 0.2) is 0 Å². The Morgan fingerprint density at radius 3 is 2.85 bits per heavy atom. The summed E-state index contributed by atoms with van der Waals surface area (Å²) in [6, 6.07) is 9.35. The first-order valence-corrected chi connectivity index (χ1v) is 7.97. The molecule has 20 heavy (non-hydrogen) atoms. The van der Waals surface area contributed by atoms with E-state index in [1.54, 1.807) is 0 Å². The number of hydrogen-bond donors (Lipinski definition) is 1. The highest BCUT2D eigenvalue weighted by Crippen LogP contribution is 2.27. The molecule has 110 valence electrons. The SMILES string of the molecule is CCOCc1ccccc1CNC1CCN2CCC1C2. The van der Waals surface area contributed by atoms with E-state index in [0.29, 0.717) is 6.04 Å². The van der Waals surface area contributed by atoms with Crippen molar-refractivity contribution in [3.8, 4) is 0 Å². The van der Waals surface area contributed by atoms with E-state index in [1.165, 1.54) is 43.6 Å². The second kappa shape index (κ2) is 6.70. The van der Waals surface area contributed by atoms with Crippen molar-refractivity contribution in [2.75, 3.05) is 26.2 Å². The summed E-state index contributed by atoms with van der Waals surface area (Å²) in [5.41, 5.74) is 2.71. The molecular weight excluding hydrogens is 248 g/mol. The van der Waals surface area contributed by atoms with Crippen molar-refractivity contribution in [1.82, 2.24) is 10.2 Å². The largest absolute Gasteiger partial charge is 0.377 e. The van der Waals surface area contributed by atoms with Crippen LogP contribution in [0.25, 0.3) is 0 Å². The van der Waals surface area contributed by atoms with Gasteiger partial charge in [-0.25, -0.2) is 0 Å². The molecule has 2 bridgehead atoms. The third kappa shape index (κ3) is 3.22. The molecule has 0 aromatic heterocycles. The average Bonchev–Trinajstić information content (AvgIpc) is 2.87. The molecule has 1 aromatic carbocycles. The van der Waals surface area contributed by atoms with Crippen LogP contribution < -0.4 is 5.32 Å². The maximum atomic E-state index is 5.57. The van der Waals surface area contributed by atoms with Gasteiger partial charge in [0.05, 0.1) is 6.61 Å². The Balaban J connectivity index is 1.57. The van der Waals surface area contributed by atoms with E-state index in [4.69, 9.17) is 4.74 Å². The highest BCUT2D eigenvalue weighted by atomic mass is 16.5. The van der Waals surface area contributed by atoms with Crippen LogP contribution in [0.3, 0.4) is 0 Å². The van der Waals surface area contributed by atoms with Crippen molar-refractivity contribution >= 4 is 0 Å². The van der Waals surface area contributed by atoms with E-state index in [1.807, 2.05) is 0 Å². The highest BCUT2D eigenvalue weighted by Gasteiger charge is 2.33. The quantitative estimate of drug-likeness (QED) is 0.862. The summed E-state index contributed by atoms with van der Waals surface area (Å²) in [7, 11) is 0. The Labute approximate surface area is 122 Å². The Morgan fingerprint density at radius 2 is 2.00 bits per heavy atom. The molecule has 3 nitrogen and oxygen atoms in total. The zero-order chi connectivity index (χ0) is 13.8. The summed E-state index contributed by atoms with van der Waals surface area (Å²) in [5.74, 6) is 0.864. The summed E-state index contributed by atoms with van der Waals surface area (Å²) >= 11 is 0. The van der Waals surface area contributed by atoms with Gasteiger partial charge in [-0.05, 0) is 49.9 Å². The number of rotatable bonds is 6. The van der Waals surface area contributed by atoms with Crippen LogP contribution in [0.2, 0.25) is 0 Å². The number of benzene rings is 1. The van der Waals surface area contributed by atoms with Gasteiger partial charge in [0.25, 0.3) is 0 Å². The fourth-order valence-electron chi connectivity index (χ4n) is 3.54. The molecule has 0 radical (unpaired) electrons. The summed E-state index contributed by atoms with van der Waals surface area (Å²) < 4.78 is 5.57. The van der Waals surface area contributed by atoms with Crippen LogP contribution in [0, 0.1) is 5.92 Å². The third-order valence-corrected chi connectivity index (χ3v) is 4.77. The minimum absolute atomic E-state index is 0.703. The molecule has 0 aliphatic carbocycles. The van der Waals surface area contributed by atoms with E-state index in [-0.39, 0.29) is 0 Å². The van der Waals surface area contributed by atoms with E-state index < -0.39 is 0 Å². The Hall–Kier alpha value is -0.900. The lowest BCUT2D eigenvalue weighted by molar-refractivity contribution is 0.133. The van der Waals surface area contributed by atoms with Gasteiger partial charge in [0, 0.05) is 25.7 Å². The molecule has 0 amide bonds. The van der Waals surface area contributed by atoms with Gasteiger partial charge >= 0.3 is 0 Å². The van der Waals surface area contributed by atoms with E-state index >= 15 is 0 Å². The Morgan fingerprint density at radius 1 is 1.20 bits per heavy atom. The minimum atomic E-state index is 0.703. The number of nitrogens with zero attached hydrogens (tertiary/aromatic N) is 1. The van der Waals surface area contributed by atoms with Gasteiger partial charge in [-0.15, -0.1) is 0 Å². The topological polar surface area (TPSA) is 24.5 Å². The van der Waals surface area contributed by atoms with Gasteiger partial charge in [-0.3, -0.25) is 0 Å². The van der Waals surface area contributed by atoms with Gasteiger partial charge in [0.2, 0.25) is 0 Å². The maximum absolute atomic E-state index is 5.57. The van der Waals surface area contributed by atoms with E-state index in [2.05, 4.69) is 41.4 Å². The zero-order valence-corrected chi connectivity index (χ0v) is 12.5. The monoisotopic (exact) mass is 274 g/mol. The van der Waals surface area contributed by atoms with Crippen molar-refractivity contribution in [2.45, 2.75) is 39.0 Å². The molecule has 3 atom stereocenters. The molecular formula is C17H26N2O. The van der Waals surface area contributed by atoms with Crippen LogP contribution in [0.15, 0.2) is 24.3 Å². The fourth-order valence-corrected chi connectivity index (χ4v) is 3.54. The predicted molar refractivity (Wildman–Crippen MR) is 81.6 cm³/mol. The molecule has 2 aliphatic heterocycles. The molecule has 2 heterocycles. The number of nitrogens with one attached hydrogen (secondary N) is 1. The second-order valence-corrected chi connectivity index (χ2v) is 6.03. The second-order valence-electron chi connectivity index (χ2n) is 6.03. The lowest BCUT2D eigenvalue weighted by atomic mass is 9.94. The third-order valence-electron chi connectivity index (χ3n) is 4.77. The van der Waals surface area contributed by atoms with Crippen molar-refractivity contribution in [3.63, 3.8) is 0 Å². The van der Waals surface area contributed by atoms with E-state index in [0.717, 1.165) is 25.7 Å². The van der Waals surface area contributed by atoms with Crippen molar-refractivity contribution in [2.24, 2.45) is 5.92 Å². The number of fused-ring (bicyclic) bond motifs is 2. The van der Waals surface area contributed by atoms with Gasteiger partial charge in [-0.2, -0.15) is 0 Å². The maximum Gasteiger partial charge on any atom is 0.0719 e. The Bertz CT molecular complexity index is 435. The van der Waals surface area contributed by atoms with Crippen LogP contribution in [0.5, 0.6) is 0 Å². The molecule has 3 rings (SSSR count). The number of hydrogen-bond acceptors (Lipinski definition) is 3. The molecule has 1 aromatic rings. The molecule has 2 aliphatic rings. The van der Waals surface area contributed by atoms with E-state index in [9.17, 15) is 0 Å². The van der Waals surface area contributed by atoms with Gasteiger partial charge in [0.1, 0.15) is 0 Å². The first-order valence-electron chi connectivity index (χ1n) is 7.97. The average molecular weight is 274 g/mol. The molecule has 0 saturated carbocycles. The summed E-state index contributed by atoms with van der Waals surface area (Å²) in [5, 5.41) is 3.80. The first kappa shape index (κ1) is 14.1. The fraction of sp³-hybridized carbons (Fsp3) is 0.647. The summed E-state index contributed by atoms with van der Waals surface area (Å²) in [6.07, 6.45) is 2.68. The van der Waals surface area contributed by atoms with Crippen LogP contribution >= 0.6 is 0 Å². The molecule has 3 unspecified atom stereocenters. The molecule has 0 spiro atoms. The molecule has 1 N–H and O–H groups in total. The first-order chi connectivity index (χ1) is 9.86. The number of piperidine rings is 1. The van der Waals surface area contributed by atoms with Crippen LogP contribution in [0.1, 0.15) is 30.9 Å². The molecule has 3 heteroatoms. The lowest BCUT2D eigenvalue weighted by Crippen LogP contribution is -2.43. The highest BCUT2D eigenvalue weighted by molar-refractivity contribution is 5.26. The van der Waals surface area contributed by atoms with Crippen LogP contribution in [-0.2, 0) is 17.9 Å². The van der Waals surface area contributed by atoms with Gasteiger partial charge in [-0.1, -0.05) is 24.3 Å². The summed E-state index contributed by atoms with van der Waals surface area (Å²) in [4.78, 5) is 2.60. The lowest BCUT2D eigenvalue weighted by Gasteiger charge is -2.31. The smallest absolute Gasteiger partial charge is 0.0719 e. The minimum Gasteiger partial charge on any atom is -0.377 e. The Kier molecular flexibility index (Phi) is 4.71. The zero-order valence-electron chi connectivity index (χ0n) is 12.5. The van der Waals surface area contributed by atoms with Gasteiger partial charge < -0.3 is 15.0 Å². The van der Waals surface area contributed by atoms with Crippen molar-refractivity contribution in [1.29, 1.82) is 0 Å². The predicted octanol–water partition coefficient (Wildman–Crippen LogP) is 2.41. The standard InChI is InChI=1S/C17H26N2O/c1-2-20-13-16-6-4-3-5-14(16)11-18-17-8-10-19-9-7-15(17)12-19/h3-6,15,17-18H,2,7-13H2,1H3. The van der Waals surface area contributed by atoms with Crippen molar-refractivity contribution < 1.29 is 4.74 Å². The van der Waals surface area contributed by atoms with Crippen LogP contribution in [0.4, 0.5) is 0 Å².